The van der Waals surface area contributed by atoms with Gasteiger partial charge in [0.2, 0.25) is 0 Å². The molecule has 1 amide bonds. The van der Waals surface area contributed by atoms with E-state index in [4.69, 9.17) is 9.47 Å². The second-order valence-corrected chi connectivity index (χ2v) is 12.4. The number of ether oxygens (including phenoxy) is 2. The molecule has 10 nitrogen and oxygen atoms in total. The van der Waals surface area contributed by atoms with Crippen LogP contribution in [0.15, 0.2) is 132 Å². The first-order valence-electron chi connectivity index (χ1n) is 17.0. The highest BCUT2D eigenvalue weighted by Crippen LogP contribution is 2.33. The molecule has 0 bridgehead atoms. The van der Waals surface area contributed by atoms with Gasteiger partial charge in [0.05, 0.1) is 30.3 Å². The van der Waals surface area contributed by atoms with Crippen LogP contribution in [0.3, 0.4) is 0 Å². The molecule has 0 spiro atoms. The number of fused-ring (bicyclic) bond motifs is 1. The first-order valence-corrected chi connectivity index (χ1v) is 17.0. The van der Waals surface area contributed by atoms with Gasteiger partial charge in [-0.05, 0) is 105 Å². The smallest absolute Gasteiger partial charge is 0.333 e. The Morgan fingerprint density at radius 1 is 0.765 bits per heavy atom. The normalized spacial score (nSPS) is 11.0. The number of rotatable bonds is 17. The van der Waals surface area contributed by atoms with Crippen molar-refractivity contribution in [2.45, 2.75) is 32.6 Å². The lowest BCUT2D eigenvalue weighted by Crippen LogP contribution is -2.82. The summed E-state index contributed by atoms with van der Waals surface area (Å²) in [5.41, 5.74) is 11.5. The Morgan fingerprint density at radius 3 is 2.14 bits per heavy atom. The lowest BCUT2D eigenvalue weighted by Gasteiger charge is -2.12. The van der Waals surface area contributed by atoms with Crippen LogP contribution in [-0.4, -0.2) is 39.2 Å². The summed E-state index contributed by atoms with van der Waals surface area (Å²) in [6.45, 7) is 6.19. The number of carbonyl (C=O) groups excluding carboxylic acids is 2. The highest BCUT2D eigenvalue weighted by Gasteiger charge is 2.11. The summed E-state index contributed by atoms with van der Waals surface area (Å²) in [5, 5.41) is 13.8. The highest BCUT2D eigenvalue weighted by molar-refractivity contribution is 6.11. The maximum Gasteiger partial charge on any atom is 0.333 e. The standard InChI is InChI=1S/C41H44N6O4/c1-29(2)41(49)51-28-10-6-5-9-27-50-35-23-13-30(14-24-35)40(48)42-38-25-26-39(37-12-8-7-11-36(37)38)46-45-32-17-15-31(16-18-32)43-44-33-19-21-34(22-20-33)47(3)4/h7-8,11-26,43-44H,1,5-6,9-10,27-28H2,2-4H3,(H,42,48)/p+1. The van der Waals surface area contributed by atoms with Gasteiger partial charge in [0.25, 0.3) is 5.91 Å². The van der Waals surface area contributed by atoms with E-state index in [0.29, 0.717) is 41.5 Å². The number of nitrogens with zero attached hydrogens (tertiary/aromatic N) is 3. The van der Waals surface area contributed by atoms with Crippen molar-refractivity contribution in [3.63, 3.8) is 0 Å². The molecule has 0 unspecified atom stereocenters. The van der Waals surface area contributed by atoms with Crippen LogP contribution in [0.1, 0.15) is 43.0 Å². The zero-order valence-corrected chi connectivity index (χ0v) is 29.4. The quantitative estimate of drug-likeness (QED) is 0.0171. The van der Waals surface area contributed by atoms with Crippen LogP contribution in [0.2, 0.25) is 0 Å². The number of amides is 1. The predicted molar refractivity (Wildman–Crippen MR) is 205 cm³/mol. The van der Waals surface area contributed by atoms with Gasteiger partial charge >= 0.3 is 5.97 Å². The monoisotopic (exact) mass is 685 g/mol. The van der Waals surface area contributed by atoms with Gasteiger partial charge in [-0.15, -0.1) is 5.11 Å². The van der Waals surface area contributed by atoms with E-state index in [1.807, 2.05) is 92.3 Å². The zero-order chi connectivity index (χ0) is 36.0. The fraction of sp³-hybridized carbons (Fsp3) is 0.220. The van der Waals surface area contributed by atoms with Crippen LogP contribution in [0, 0.1) is 0 Å². The summed E-state index contributed by atoms with van der Waals surface area (Å²) in [4.78, 5) is 26.7. The molecule has 0 fully saturated rings. The molecular weight excluding hydrogens is 640 g/mol. The molecule has 0 heterocycles. The second kappa shape index (κ2) is 18.1. The number of unbranched alkanes of at least 4 members (excludes halogenated alkanes) is 3. The van der Waals surface area contributed by atoms with Crippen molar-refractivity contribution in [2.24, 2.45) is 10.2 Å². The Bertz CT molecular complexity index is 1960. The molecule has 0 atom stereocenters. The fourth-order valence-corrected chi connectivity index (χ4v) is 5.18. The number of azo groups is 1. The number of carbonyl (C=O) groups is 2. The largest absolute Gasteiger partial charge is 0.494 e. The van der Waals surface area contributed by atoms with Gasteiger partial charge in [-0.25, -0.2) is 15.6 Å². The number of nitrogens with one attached hydrogen (secondary N) is 2. The molecule has 262 valence electrons. The Balaban J connectivity index is 1.11. The molecule has 10 heteroatoms. The minimum Gasteiger partial charge on any atom is -0.494 e. The van der Waals surface area contributed by atoms with Crippen LogP contribution in [-0.2, 0) is 9.53 Å². The Hall–Kier alpha value is -6.00. The molecule has 0 aliphatic heterocycles. The van der Waals surface area contributed by atoms with Crippen molar-refractivity contribution >= 4 is 56.8 Å². The van der Waals surface area contributed by atoms with E-state index in [1.54, 1.807) is 31.2 Å². The molecular formula is C41H45N6O4+. The predicted octanol–water partition coefficient (Wildman–Crippen LogP) is 8.85. The minimum absolute atomic E-state index is 0.217. The van der Waals surface area contributed by atoms with Crippen molar-refractivity contribution in [3.05, 3.63) is 127 Å². The average Bonchev–Trinajstić information content (AvgIpc) is 3.15. The number of hydrogen-bond acceptors (Lipinski definition) is 8. The van der Waals surface area contributed by atoms with Crippen molar-refractivity contribution < 1.29 is 24.5 Å². The maximum absolute atomic E-state index is 13.2. The first kappa shape index (κ1) is 36.3. The highest BCUT2D eigenvalue weighted by atomic mass is 16.5. The number of benzene rings is 5. The third-order valence-electron chi connectivity index (χ3n) is 8.11. The van der Waals surface area contributed by atoms with Gasteiger partial charge in [-0.1, -0.05) is 30.8 Å². The third kappa shape index (κ3) is 10.7. The number of anilines is 3. The molecule has 5 rings (SSSR count). The van der Waals surface area contributed by atoms with Gasteiger partial charge in [-0.3, -0.25) is 4.79 Å². The van der Waals surface area contributed by atoms with Gasteiger partial charge in [0, 0.05) is 59.5 Å². The topological polar surface area (TPSA) is 121 Å². The van der Waals surface area contributed by atoms with E-state index in [0.717, 1.165) is 59.2 Å². The van der Waals surface area contributed by atoms with Crippen LogP contribution >= 0.6 is 0 Å². The Kier molecular flexibility index (Phi) is 12.9. The van der Waals surface area contributed by atoms with Crippen molar-refractivity contribution in [1.29, 1.82) is 0 Å². The van der Waals surface area contributed by atoms with Crippen LogP contribution in [0.25, 0.3) is 10.8 Å². The molecule has 0 radical (unpaired) electrons. The van der Waals surface area contributed by atoms with Crippen molar-refractivity contribution in [1.82, 2.24) is 0 Å². The lowest BCUT2D eigenvalue weighted by molar-refractivity contribution is -0.538. The van der Waals surface area contributed by atoms with E-state index < -0.39 is 0 Å². The molecule has 0 aromatic heterocycles. The summed E-state index contributed by atoms with van der Waals surface area (Å²) in [6.07, 6.45) is 3.61. The van der Waals surface area contributed by atoms with Gasteiger partial charge in [0.15, 0.2) is 5.69 Å². The molecule has 4 N–H and O–H groups in total. The Morgan fingerprint density at radius 2 is 1.45 bits per heavy atom. The maximum atomic E-state index is 13.2. The van der Waals surface area contributed by atoms with E-state index in [2.05, 4.69) is 44.6 Å². The van der Waals surface area contributed by atoms with Crippen LogP contribution < -0.4 is 25.8 Å². The molecule has 0 aliphatic rings. The Labute approximate surface area is 299 Å². The number of esters is 1. The molecule has 5 aromatic carbocycles. The van der Waals surface area contributed by atoms with Gasteiger partial charge in [-0.2, -0.15) is 5.11 Å². The number of nitrogen functional groups attached to an aromatic ring is 1. The summed E-state index contributed by atoms with van der Waals surface area (Å²) in [6, 6.07) is 34.7. The summed E-state index contributed by atoms with van der Waals surface area (Å²) >= 11 is 0. The molecule has 5 aromatic rings. The first-order chi connectivity index (χ1) is 24.8. The van der Waals surface area contributed by atoms with Crippen LogP contribution in [0.5, 0.6) is 5.75 Å². The third-order valence-corrected chi connectivity index (χ3v) is 8.11. The SMILES string of the molecule is C=C(C)C(=O)OCCCCCCOc1ccc(C(=O)Nc2ccc(N=Nc3ccc([NH2+]Nc4ccc(N(C)C)cc4)cc3)c3ccccc23)cc1. The fourth-order valence-electron chi connectivity index (χ4n) is 5.18. The zero-order valence-electron chi connectivity index (χ0n) is 29.4. The minimum atomic E-state index is -0.343. The number of hydrogen-bond donors (Lipinski definition) is 3. The number of quaternary nitrogens is 1. The van der Waals surface area contributed by atoms with E-state index in [1.165, 1.54) is 0 Å². The van der Waals surface area contributed by atoms with Crippen molar-refractivity contribution in [3.8, 4) is 5.75 Å². The molecule has 0 saturated carbocycles. The molecule has 51 heavy (non-hydrogen) atoms. The van der Waals surface area contributed by atoms with Gasteiger partial charge < -0.3 is 19.7 Å². The second-order valence-electron chi connectivity index (χ2n) is 12.4. The summed E-state index contributed by atoms with van der Waals surface area (Å²) in [7, 11) is 4.04. The van der Waals surface area contributed by atoms with Crippen molar-refractivity contribution in [2.75, 3.05) is 43.0 Å². The number of nitrogens with two attached hydrogens (primary N) is 1. The molecule has 0 aliphatic carbocycles. The lowest BCUT2D eigenvalue weighted by atomic mass is 10.1. The average molecular weight is 686 g/mol. The van der Waals surface area contributed by atoms with E-state index >= 15 is 0 Å². The summed E-state index contributed by atoms with van der Waals surface area (Å²) < 4.78 is 11.0. The van der Waals surface area contributed by atoms with Gasteiger partial charge in [0.1, 0.15) is 5.75 Å². The van der Waals surface area contributed by atoms with Crippen LogP contribution in [0.4, 0.5) is 34.1 Å². The molecule has 0 saturated heterocycles. The van der Waals surface area contributed by atoms with E-state index in [-0.39, 0.29) is 11.9 Å². The van der Waals surface area contributed by atoms with E-state index in [9.17, 15) is 9.59 Å². The summed E-state index contributed by atoms with van der Waals surface area (Å²) in [5.74, 6) is 0.146.